The molecule has 0 aliphatic carbocycles. The molecule has 6 heteroatoms. The third-order valence-corrected chi connectivity index (χ3v) is 5.58. The molecule has 0 bridgehead atoms. The number of carbonyl (C=O) groups is 1. The minimum Gasteiger partial charge on any atom is -0.497 e. The quantitative estimate of drug-likeness (QED) is 0.651. The molecule has 1 aliphatic rings. The van der Waals surface area contributed by atoms with Crippen molar-refractivity contribution in [2.24, 2.45) is 0 Å². The summed E-state index contributed by atoms with van der Waals surface area (Å²) in [6, 6.07) is 11.1. The number of ether oxygens (including phenoxy) is 2. The first-order valence-corrected chi connectivity index (χ1v) is 9.74. The van der Waals surface area contributed by atoms with Gasteiger partial charge in [-0.2, -0.15) is 0 Å². The number of likely N-dealkylation sites (tertiary alicyclic amines) is 1. The van der Waals surface area contributed by atoms with Gasteiger partial charge in [0.1, 0.15) is 11.5 Å². The van der Waals surface area contributed by atoms with Crippen LogP contribution in [0.1, 0.15) is 36.4 Å². The van der Waals surface area contributed by atoms with Crippen LogP contribution in [0.15, 0.2) is 36.4 Å². The first-order chi connectivity index (χ1) is 13.0. The van der Waals surface area contributed by atoms with E-state index in [1.807, 2.05) is 29.2 Å². The number of methoxy groups -OCH3 is 2. The van der Waals surface area contributed by atoms with Gasteiger partial charge >= 0.3 is 0 Å². The second-order valence-corrected chi connectivity index (χ2v) is 7.43. The van der Waals surface area contributed by atoms with Gasteiger partial charge in [-0.3, -0.25) is 4.79 Å². The summed E-state index contributed by atoms with van der Waals surface area (Å²) in [4.78, 5) is 14.9. The van der Waals surface area contributed by atoms with E-state index in [1.165, 1.54) is 0 Å². The van der Waals surface area contributed by atoms with Gasteiger partial charge in [-0.1, -0.05) is 29.3 Å². The van der Waals surface area contributed by atoms with Crippen LogP contribution < -0.4 is 9.47 Å². The van der Waals surface area contributed by atoms with E-state index >= 15 is 0 Å². The van der Waals surface area contributed by atoms with Crippen LogP contribution in [0, 0.1) is 0 Å². The molecule has 3 rings (SSSR count). The molecule has 27 heavy (non-hydrogen) atoms. The van der Waals surface area contributed by atoms with Crippen molar-refractivity contribution in [3.05, 3.63) is 57.6 Å². The van der Waals surface area contributed by atoms with Crippen LogP contribution in [0.4, 0.5) is 0 Å². The van der Waals surface area contributed by atoms with Gasteiger partial charge in [0.15, 0.2) is 0 Å². The average Bonchev–Trinajstić information content (AvgIpc) is 3.16. The maximum absolute atomic E-state index is 12.9. The van der Waals surface area contributed by atoms with E-state index in [2.05, 4.69) is 0 Å². The first kappa shape index (κ1) is 19.8. The first-order valence-electron chi connectivity index (χ1n) is 8.98. The predicted molar refractivity (Wildman–Crippen MR) is 108 cm³/mol. The number of amides is 1. The normalized spacial score (nSPS) is 16.4. The lowest BCUT2D eigenvalue weighted by atomic mass is 10.0. The molecule has 1 aliphatic heterocycles. The summed E-state index contributed by atoms with van der Waals surface area (Å²) >= 11 is 12.2. The maximum Gasteiger partial charge on any atom is 0.223 e. The summed E-state index contributed by atoms with van der Waals surface area (Å²) in [5, 5.41) is 1.20. The zero-order valence-corrected chi connectivity index (χ0v) is 17.0. The molecule has 2 aromatic carbocycles. The Morgan fingerprint density at radius 3 is 2.67 bits per heavy atom. The molecule has 1 amide bonds. The molecule has 0 spiro atoms. The molecule has 0 aromatic heterocycles. The third kappa shape index (κ3) is 4.50. The lowest BCUT2D eigenvalue weighted by Crippen LogP contribution is -2.31. The van der Waals surface area contributed by atoms with Gasteiger partial charge in [-0.15, -0.1) is 0 Å². The van der Waals surface area contributed by atoms with Crippen LogP contribution in [0.25, 0.3) is 0 Å². The molecule has 1 fully saturated rings. The van der Waals surface area contributed by atoms with Crippen LogP contribution in [0.3, 0.4) is 0 Å². The topological polar surface area (TPSA) is 38.8 Å². The van der Waals surface area contributed by atoms with Gasteiger partial charge in [-0.05, 0) is 55.2 Å². The molecule has 0 radical (unpaired) electrons. The fraction of sp³-hybridized carbons (Fsp3) is 0.381. The van der Waals surface area contributed by atoms with Crippen LogP contribution in [0.5, 0.6) is 11.5 Å². The van der Waals surface area contributed by atoms with Crippen LogP contribution in [0.2, 0.25) is 10.0 Å². The van der Waals surface area contributed by atoms with Gasteiger partial charge in [-0.25, -0.2) is 0 Å². The highest BCUT2D eigenvalue weighted by molar-refractivity contribution is 6.35. The van der Waals surface area contributed by atoms with Gasteiger partial charge in [0.05, 0.1) is 20.3 Å². The Kier molecular flexibility index (Phi) is 6.51. The van der Waals surface area contributed by atoms with Gasteiger partial charge in [0.2, 0.25) is 5.91 Å². The Labute approximate surface area is 170 Å². The van der Waals surface area contributed by atoms with E-state index in [0.29, 0.717) is 22.9 Å². The standard InChI is InChI=1S/C21H23Cl2NO3/c1-26-16-8-9-20(27-2)17(13-16)19-4-3-11-24(19)21(25)10-6-14-5-7-15(22)12-18(14)23/h5,7-9,12-13,19H,3-4,6,10-11H2,1-2H3. The predicted octanol–water partition coefficient (Wildman–Crippen LogP) is 5.31. The third-order valence-electron chi connectivity index (χ3n) is 4.99. The van der Waals surface area contributed by atoms with Crippen LogP contribution in [-0.4, -0.2) is 31.6 Å². The zero-order valence-electron chi connectivity index (χ0n) is 15.5. The van der Waals surface area contributed by atoms with Gasteiger partial charge in [0, 0.05) is 28.6 Å². The minimum absolute atomic E-state index is 0.00300. The molecule has 1 heterocycles. The summed E-state index contributed by atoms with van der Waals surface area (Å²) < 4.78 is 10.9. The number of benzene rings is 2. The number of nitrogens with zero attached hydrogens (tertiary/aromatic N) is 1. The summed E-state index contributed by atoms with van der Waals surface area (Å²) in [6.07, 6.45) is 2.88. The number of halogens is 2. The average molecular weight is 408 g/mol. The Morgan fingerprint density at radius 2 is 1.96 bits per heavy atom. The monoisotopic (exact) mass is 407 g/mol. The number of aryl methyl sites for hydroxylation is 1. The second-order valence-electron chi connectivity index (χ2n) is 6.59. The van der Waals surface area contributed by atoms with Crippen molar-refractivity contribution in [2.45, 2.75) is 31.7 Å². The molecule has 144 valence electrons. The molecular weight excluding hydrogens is 385 g/mol. The van der Waals surface area contributed by atoms with E-state index in [9.17, 15) is 4.79 Å². The Balaban J connectivity index is 1.75. The number of hydrogen-bond acceptors (Lipinski definition) is 3. The lowest BCUT2D eigenvalue weighted by molar-refractivity contribution is -0.132. The highest BCUT2D eigenvalue weighted by Crippen LogP contribution is 2.39. The molecule has 1 atom stereocenters. The molecule has 1 saturated heterocycles. The fourth-order valence-corrected chi connectivity index (χ4v) is 4.10. The fourth-order valence-electron chi connectivity index (χ4n) is 3.60. The van der Waals surface area contributed by atoms with Crippen molar-refractivity contribution in [3.63, 3.8) is 0 Å². The van der Waals surface area contributed by atoms with E-state index in [0.717, 1.165) is 42.0 Å². The van der Waals surface area contributed by atoms with Crippen LogP contribution >= 0.6 is 23.2 Å². The minimum atomic E-state index is 0.00300. The Bertz CT molecular complexity index is 825. The highest BCUT2D eigenvalue weighted by Gasteiger charge is 2.31. The Morgan fingerprint density at radius 1 is 1.15 bits per heavy atom. The molecule has 1 unspecified atom stereocenters. The van der Waals surface area contributed by atoms with E-state index in [4.69, 9.17) is 32.7 Å². The van der Waals surface area contributed by atoms with E-state index in [1.54, 1.807) is 26.4 Å². The highest BCUT2D eigenvalue weighted by atomic mass is 35.5. The largest absolute Gasteiger partial charge is 0.497 e. The second kappa shape index (κ2) is 8.85. The molecule has 4 nitrogen and oxygen atoms in total. The van der Waals surface area contributed by atoms with Crippen molar-refractivity contribution in [3.8, 4) is 11.5 Å². The summed E-state index contributed by atoms with van der Waals surface area (Å²) in [6.45, 7) is 0.748. The van der Waals surface area contributed by atoms with Gasteiger partial charge in [0.25, 0.3) is 0 Å². The molecule has 0 N–H and O–H groups in total. The molecular formula is C21H23Cl2NO3. The Hall–Kier alpha value is -1.91. The number of carbonyl (C=O) groups excluding carboxylic acids is 1. The molecule has 0 saturated carbocycles. The summed E-state index contributed by atoms with van der Waals surface area (Å²) in [5.74, 6) is 1.66. The zero-order chi connectivity index (χ0) is 19.4. The van der Waals surface area contributed by atoms with Crippen molar-refractivity contribution in [1.82, 2.24) is 4.90 Å². The van der Waals surface area contributed by atoms with Crippen molar-refractivity contribution in [2.75, 3.05) is 20.8 Å². The van der Waals surface area contributed by atoms with Crippen LogP contribution in [-0.2, 0) is 11.2 Å². The summed E-state index contributed by atoms with van der Waals surface area (Å²) in [7, 11) is 3.29. The van der Waals surface area contributed by atoms with E-state index in [-0.39, 0.29) is 11.9 Å². The smallest absolute Gasteiger partial charge is 0.223 e. The lowest BCUT2D eigenvalue weighted by Gasteiger charge is -2.27. The number of rotatable bonds is 6. The van der Waals surface area contributed by atoms with E-state index < -0.39 is 0 Å². The molecule has 2 aromatic rings. The van der Waals surface area contributed by atoms with Crippen molar-refractivity contribution < 1.29 is 14.3 Å². The SMILES string of the molecule is COc1ccc(OC)c(C2CCCN2C(=O)CCc2ccc(Cl)cc2Cl)c1. The number of hydrogen-bond donors (Lipinski definition) is 0. The maximum atomic E-state index is 12.9. The van der Waals surface area contributed by atoms with Gasteiger partial charge < -0.3 is 14.4 Å². The van der Waals surface area contributed by atoms with Crippen molar-refractivity contribution >= 4 is 29.1 Å². The van der Waals surface area contributed by atoms with Crippen molar-refractivity contribution in [1.29, 1.82) is 0 Å². The summed E-state index contributed by atoms with van der Waals surface area (Å²) in [5.41, 5.74) is 1.93.